The smallest absolute Gasteiger partial charge is 0.226 e. The summed E-state index contributed by atoms with van der Waals surface area (Å²) in [5.41, 5.74) is 0.901. The minimum atomic E-state index is 0.125. The normalized spacial score (nSPS) is 19.2. The lowest BCUT2D eigenvalue weighted by Crippen LogP contribution is -2.44. The van der Waals surface area contributed by atoms with E-state index < -0.39 is 0 Å². The molecule has 1 heterocycles. The molecule has 1 amide bonds. The Balaban J connectivity index is 1.87. The summed E-state index contributed by atoms with van der Waals surface area (Å²) in [6.45, 7) is 1.85. The second kappa shape index (κ2) is 6.92. The van der Waals surface area contributed by atoms with Crippen molar-refractivity contribution in [3.05, 3.63) is 34.9 Å². The quantitative estimate of drug-likeness (QED) is 0.919. The van der Waals surface area contributed by atoms with Gasteiger partial charge in [0.25, 0.3) is 0 Å². The Hall–Kier alpha value is -1.06. The van der Waals surface area contributed by atoms with Crippen LogP contribution in [0, 0.1) is 0 Å². The van der Waals surface area contributed by atoms with Gasteiger partial charge in [0, 0.05) is 24.7 Å². The van der Waals surface area contributed by atoms with E-state index in [9.17, 15) is 4.79 Å². The number of likely N-dealkylation sites (N-methyl/N-ethyl adjacent to an activating group) is 1. The zero-order valence-electron chi connectivity index (χ0n) is 11.4. The Labute approximate surface area is 119 Å². The maximum atomic E-state index is 12.2. The largest absolute Gasteiger partial charge is 0.344 e. The van der Waals surface area contributed by atoms with E-state index in [1.54, 1.807) is 0 Å². The van der Waals surface area contributed by atoms with Crippen molar-refractivity contribution in [3.8, 4) is 0 Å². The van der Waals surface area contributed by atoms with Crippen LogP contribution in [0.2, 0.25) is 5.02 Å². The molecule has 1 N–H and O–H groups in total. The summed E-state index contributed by atoms with van der Waals surface area (Å²) in [5, 5.41) is 4.13. The standard InChI is InChI=1S/C15H21ClN2O/c1-18(11-13-7-4-5-9-17-13)15(19)10-12-6-2-3-8-14(12)16/h2-3,6,8,13,17H,4-5,7,9-11H2,1H3. The van der Waals surface area contributed by atoms with E-state index in [0.717, 1.165) is 25.1 Å². The molecule has 1 aliphatic rings. The van der Waals surface area contributed by atoms with E-state index in [2.05, 4.69) is 5.32 Å². The van der Waals surface area contributed by atoms with Crippen LogP contribution in [0.1, 0.15) is 24.8 Å². The fourth-order valence-electron chi connectivity index (χ4n) is 2.45. The first-order valence-electron chi connectivity index (χ1n) is 6.87. The number of piperidine rings is 1. The molecule has 1 saturated heterocycles. The Morgan fingerprint density at radius 2 is 2.21 bits per heavy atom. The molecule has 0 aromatic heterocycles. The summed E-state index contributed by atoms with van der Waals surface area (Å²) in [5.74, 6) is 0.125. The first kappa shape index (κ1) is 14.4. The molecule has 19 heavy (non-hydrogen) atoms. The topological polar surface area (TPSA) is 32.3 Å². The summed E-state index contributed by atoms with van der Waals surface area (Å²) in [6, 6.07) is 7.97. The molecule has 3 nitrogen and oxygen atoms in total. The molecular formula is C15H21ClN2O. The van der Waals surface area contributed by atoms with Crippen LogP contribution in [0.3, 0.4) is 0 Å². The van der Waals surface area contributed by atoms with Crippen LogP contribution >= 0.6 is 11.6 Å². The Bertz CT molecular complexity index is 430. The van der Waals surface area contributed by atoms with Gasteiger partial charge in [-0.25, -0.2) is 0 Å². The van der Waals surface area contributed by atoms with Gasteiger partial charge >= 0.3 is 0 Å². The van der Waals surface area contributed by atoms with Crippen molar-refractivity contribution >= 4 is 17.5 Å². The molecule has 104 valence electrons. The number of hydrogen-bond donors (Lipinski definition) is 1. The van der Waals surface area contributed by atoms with Gasteiger partial charge in [-0.1, -0.05) is 36.2 Å². The van der Waals surface area contributed by atoms with Crippen molar-refractivity contribution in [3.63, 3.8) is 0 Å². The van der Waals surface area contributed by atoms with Gasteiger partial charge in [0.15, 0.2) is 0 Å². The van der Waals surface area contributed by atoms with Crippen LogP contribution in [0.4, 0.5) is 0 Å². The molecule has 0 spiro atoms. The van der Waals surface area contributed by atoms with E-state index in [-0.39, 0.29) is 5.91 Å². The molecule has 2 rings (SSSR count). The van der Waals surface area contributed by atoms with E-state index in [1.165, 1.54) is 12.8 Å². The molecule has 0 aliphatic carbocycles. The second-order valence-electron chi connectivity index (χ2n) is 5.19. The molecular weight excluding hydrogens is 260 g/mol. The van der Waals surface area contributed by atoms with Crippen LogP contribution in [0.5, 0.6) is 0 Å². The number of rotatable bonds is 4. The molecule has 0 saturated carbocycles. The minimum Gasteiger partial charge on any atom is -0.344 e. The van der Waals surface area contributed by atoms with Gasteiger partial charge < -0.3 is 10.2 Å². The number of nitrogens with one attached hydrogen (secondary N) is 1. The van der Waals surface area contributed by atoms with Crippen molar-refractivity contribution in [2.75, 3.05) is 20.1 Å². The van der Waals surface area contributed by atoms with Crippen molar-refractivity contribution < 1.29 is 4.79 Å². The fourth-order valence-corrected chi connectivity index (χ4v) is 2.65. The van der Waals surface area contributed by atoms with Crippen LogP contribution in [0.25, 0.3) is 0 Å². The third-order valence-corrected chi connectivity index (χ3v) is 4.00. The summed E-state index contributed by atoms with van der Waals surface area (Å²) in [6.07, 6.45) is 4.03. The molecule has 1 aromatic rings. The molecule has 4 heteroatoms. The number of carbonyl (C=O) groups excluding carboxylic acids is 1. The van der Waals surface area contributed by atoms with Gasteiger partial charge in [0.05, 0.1) is 6.42 Å². The third-order valence-electron chi connectivity index (χ3n) is 3.63. The van der Waals surface area contributed by atoms with E-state index in [4.69, 9.17) is 11.6 Å². The van der Waals surface area contributed by atoms with Gasteiger partial charge in [-0.15, -0.1) is 0 Å². The number of halogens is 1. The highest BCUT2D eigenvalue weighted by molar-refractivity contribution is 6.31. The number of carbonyl (C=O) groups is 1. The predicted molar refractivity (Wildman–Crippen MR) is 78.4 cm³/mol. The first-order valence-corrected chi connectivity index (χ1v) is 7.25. The molecule has 1 atom stereocenters. The lowest BCUT2D eigenvalue weighted by atomic mass is 10.0. The van der Waals surface area contributed by atoms with Gasteiger partial charge in [0.2, 0.25) is 5.91 Å². The molecule has 1 aliphatic heterocycles. The lowest BCUT2D eigenvalue weighted by Gasteiger charge is -2.28. The van der Waals surface area contributed by atoms with E-state index >= 15 is 0 Å². The Morgan fingerprint density at radius 1 is 1.42 bits per heavy atom. The summed E-state index contributed by atoms with van der Waals surface area (Å²) >= 11 is 6.08. The van der Waals surface area contributed by atoms with Gasteiger partial charge in [0.1, 0.15) is 0 Å². The zero-order chi connectivity index (χ0) is 13.7. The van der Waals surface area contributed by atoms with Crippen molar-refractivity contribution in [1.29, 1.82) is 0 Å². The maximum absolute atomic E-state index is 12.2. The molecule has 0 radical (unpaired) electrons. The van der Waals surface area contributed by atoms with Crippen molar-refractivity contribution in [2.24, 2.45) is 0 Å². The average molecular weight is 281 g/mol. The lowest BCUT2D eigenvalue weighted by molar-refractivity contribution is -0.129. The zero-order valence-corrected chi connectivity index (χ0v) is 12.1. The number of amides is 1. The third kappa shape index (κ3) is 4.22. The van der Waals surface area contributed by atoms with Crippen LogP contribution in [-0.2, 0) is 11.2 Å². The highest BCUT2D eigenvalue weighted by Gasteiger charge is 2.18. The molecule has 0 bridgehead atoms. The maximum Gasteiger partial charge on any atom is 0.226 e. The monoisotopic (exact) mass is 280 g/mol. The average Bonchev–Trinajstić information content (AvgIpc) is 2.42. The van der Waals surface area contributed by atoms with E-state index in [0.29, 0.717) is 17.5 Å². The molecule has 1 unspecified atom stereocenters. The minimum absolute atomic E-state index is 0.125. The summed E-state index contributed by atoms with van der Waals surface area (Å²) in [7, 11) is 1.87. The van der Waals surface area contributed by atoms with Crippen molar-refractivity contribution in [1.82, 2.24) is 10.2 Å². The Morgan fingerprint density at radius 3 is 2.89 bits per heavy atom. The van der Waals surface area contributed by atoms with Crippen LogP contribution in [0.15, 0.2) is 24.3 Å². The van der Waals surface area contributed by atoms with Gasteiger partial charge in [-0.05, 0) is 31.0 Å². The summed E-state index contributed by atoms with van der Waals surface area (Å²) < 4.78 is 0. The van der Waals surface area contributed by atoms with Crippen LogP contribution < -0.4 is 5.32 Å². The molecule has 1 fully saturated rings. The highest BCUT2D eigenvalue weighted by atomic mass is 35.5. The first-order chi connectivity index (χ1) is 9.16. The van der Waals surface area contributed by atoms with E-state index in [1.807, 2.05) is 36.2 Å². The number of benzene rings is 1. The predicted octanol–water partition coefficient (Wildman–Crippen LogP) is 2.48. The van der Waals surface area contributed by atoms with Gasteiger partial charge in [-0.2, -0.15) is 0 Å². The number of nitrogens with zero attached hydrogens (tertiary/aromatic N) is 1. The van der Waals surface area contributed by atoms with Crippen LogP contribution in [-0.4, -0.2) is 37.0 Å². The highest BCUT2D eigenvalue weighted by Crippen LogP contribution is 2.16. The molecule has 1 aromatic carbocycles. The van der Waals surface area contributed by atoms with Gasteiger partial charge in [-0.3, -0.25) is 4.79 Å². The van der Waals surface area contributed by atoms with Crippen molar-refractivity contribution in [2.45, 2.75) is 31.7 Å². The second-order valence-corrected chi connectivity index (χ2v) is 5.60. The SMILES string of the molecule is CN(CC1CCCCN1)C(=O)Cc1ccccc1Cl. The number of hydrogen-bond acceptors (Lipinski definition) is 2. The fraction of sp³-hybridized carbons (Fsp3) is 0.533. The Kier molecular flexibility index (Phi) is 5.23. The summed E-state index contributed by atoms with van der Waals surface area (Å²) in [4.78, 5) is 14.0.